The highest BCUT2D eigenvalue weighted by molar-refractivity contribution is 5.83. The number of carboxylic acid groups (broad SMARTS) is 1. The largest absolute Gasteiger partial charge is 0.480 e. The van der Waals surface area contributed by atoms with Crippen LogP contribution in [0.15, 0.2) is 0 Å². The van der Waals surface area contributed by atoms with Crippen LogP contribution in [-0.2, 0) is 4.79 Å². The van der Waals surface area contributed by atoms with E-state index in [2.05, 4.69) is 4.90 Å². The molecule has 0 aromatic carbocycles. The van der Waals surface area contributed by atoms with Crippen molar-refractivity contribution in [2.24, 2.45) is 0 Å². The number of urea groups is 1. The summed E-state index contributed by atoms with van der Waals surface area (Å²) in [7, 11) is 3.97. The zero-order chi connectivity index (χ0) is 14.9. The van der Waals surface area contributed by atoms with Crippen molar-refractivity contribution >= 4 is 12.0 Å². The number of aliphatic hydroxyl groups excluding tert-OH is 1. The van der Waals surface area contributed by atoms with Gasteiger partial charge in [-0.05, 0) is 26.9 Å². The molecule has 2 heterocycles. The number of likely N-dealkylation sites (tertiary alicyclic amines) is 2. The molecule has 2 fully saturated rings. The first-order valence-corrected chi connectivity index (χ1v) is 7.03. The molecule has 2 aliphatic rings. The van der Waals surface area contributed by atoms with Gasteiger partial charge in [0.1, 0.15) is 6.04 Å². The summed E-state index contributed by atoms with van der Waals surface area (Å²) in [6, 6.07) is -0.860. The Morgan fingerprint density at radius 1 is 1.25 bits per heavy atom. The van der Waals surface area contributed by atoms with Gasteiger partial charge in [0, 0.05) is 32.1 Å². The number of piperidine rings is 1. The number of hydrogen-bond donors (Lipinski definition) is 2. The maximum absolute atomic E-state index is 12.5. The summed E-state index contributed by atoms with van der Waals surface area (Å²) < 4.78 is 0. The van der Waals surface area contributed by atoms with E-state index in [1.54, 1.807) is 4.90 Å². The van der Waals surface area contributed by atoms with Crippen LogP contribution in [0.5, 0.6) is 0 Å². The third-order valence-electron chi connectivity index (χ3n) is 4.21. The Balaban J connectivity index is 2.04. The van der Waals surface area contributed by atoms with Crippen LogP contribution in [0.1, 0.15) is 19.3 Å². The van der Waals surface area contributed by atoms with Crippen LogP contribution < -0.4 is 0 Å². The Kier molecular flexibility index (Phi) is 4.49. The smallest absolute Gasteiger partial charge is 0.326 e. The SMILES string of the molecule is CN(C)C1CCCN(C(=O)N2C[C@@H](O)C[C@H]2C(=O)O)C1. The van der Waals surface area contributed by atoms with Crippen LogP contribution in [0.3, 0.4) is 0 Å². The summed E-state index contributed by atoms with van der Waals surface area (Å²) in [5.41, 5.74) is 0. The lowest BCUT2D eigenvalue weighted by Gasteiger charge is -2.38. The molecule has 1 unspecified atom stereocenters. The topological polar surface area (TPSA) is 84.3 Å². The van der Waals surface area contributed by atoms with Crippen molar-refractivity contribution in [3.05, 3.63) is 0 Å². The monoisotopic (exact) mass is 285 g/mol. The standard InChI is InChI=1S/C13H23N3O4/c1-14(2)9-4-3-5-15(7-9)13(20)16-8-10(17)6-11(16)12(18)19/h9-11,17H,3-8H2,1-2H3,(H,18,19)/t9?,10-,11-/m0/s1. The van der Waals surface area contributed by atoms with Gasteiger partial charge in [-0.15, -0.1) is 0 Å². The minimum Gasteiger partial charge on any atom is -0.480 e. The molecule has 7 heteroatoms. The lowest BCUT2D eigenvalue weighted by Crippen LogP contribution is -2.54. The molecular formula is C13H23N3O4. The summed E-state index contributed by atoms with van der Waals surface area (Å²) in [4.78, 5) is 28.8. The molecule has 2 rings (SSSR count). The maximum Gasteiger partial charge on any atom is 0.326 e. The van der Waals surface area contributed by atoms with E-state index in [0.29, 0.717) is 19.1 Å². The fourth-order valence-electron chi connectivity index (χ4n) is 2.99. The van der Waals surface area contributed by atoms with Gasteiger partial charge in [0.15, 0.2) is 0 Å². The fraction of sp³-hybridized carbons (Fsp3) is 0.846. The molecule has 20 heavy (non-hydrogen) atoms. The Bertz CT molecular complexity index is 388. The van der Waals surface area contributed by atoms with Gasteiger partial charge in [0.25, 0.3) is 0 Å². The number of carbonyl (C=O) groups excluding carboxylic acids is 1. The second kappa shape index (κ2) is 5.97. The number of amides is 2. The summed E-state index contributed by atoms with van der Waals surface area (Å²) in [5, 5.41) is 18.8. The van der Waals surface area contributed by atoms with Gasteiger partial charge in [0.2, 0.25) is 0 Å². The van der Waals surface area contributed by atoms with Crippen LogP contribution in [0.25, 0.3) is 0 Å². The van der Waals surface area contributed by atoms with Gasteiger partial charge in [-0.3, -0.25) is 0 Å². The van der Waals surface area contributed by atoms with E-state index in [1.165, 1.54) is 4.90 Å². The van der Waals surface area contributed by atoms with Gasteiger partial charge in [-0.2, -0.15) is 0 Å². The van der Waals surface area contributed by atoms with Crippen LogP contribution >= 0.6 is 0 Å². The quantitative estimate of drug-likeness (QED) is 0.724. The third kappa shape index (κ3) is 3.04. The highest BCUT2D eigenvalue weighted by Gasteiger charge is 2.41. The van der Waals surface area contributed by atoms with Gasteiger partial charge >= 0.3 is 12.0 Å². The molecule has 0 bridgehead atoms. The molecule has 7 nitrogen and oxygen atoms in total. The Labute approximate surface area is 118 Å². The zero-order valence-electron chi connectivity index (χ0n) is 12.0. The molecule has 0 aliphatic carbocycles. The van der Waals surface area contributed by atoms with E-state index in [0.717, 1.165) is 12.8 Å². The molecule has 2 aliphatic heterocycles. The highest BCUT2D eigenvalue weighted by Crippen LogP contribution is 2.22. The number of nitrogens with zero attached hydrogens (tertiary/aromatic N) is 3. The van der Waals surface area contributed by atoms with E-state index in [4.69, 9.17) is 5.11 Å². The second-order valence-electron chi connectivity index (χ2n) is 5.88. The zero-order valence-corrected chi connectivity index (χ0v) is 12.0. The summed E-state index contributed by atoms with van der Waals surface area (Å²) in [6.45, 7) is 1.38. The van der Waals surface area contributed by atoms with Crippen molar-refractivity contribution in [3.8, 4) is 0 Å². The van der Waals surface area contributed by atoms with Crippen LogP contribution in [0, 0.1) is 0 Å². The number of hydrogen-bond acceptors (Lipinski definition) is 4. The summed E-state index contributed by atoms with van der Waals surface area (Å²) in [5.74, 6) is -1.05. The Morgan fingerprint density at radius 3 is 2.55 bits per heavy atom. The highest BCUT2D eigenvalue weighted by atomic mass is 16.4. The lowest BCUT2D eigenvalue weighted by molar-refractivity contribution is -0.141. The van der Waals surface area contributed by atoms with Gasteiger partial charge in [0.05, 0.1) is 6.10 Å². The summed E-state index contributed by atoms with van der Waals surface area (Å²) in [6.07, 6.45) is 1.34. The van der Waals surface area contributed by atoms with Crippen molar-refractivity contribution in [3.63, 3.8) is 0 Å². The first-order chi connectivity index (χ1) is 9.40. The number of likely N-dealkylation sites (N-methyl/N-ethyl adjacent to an activating group) is 1. The molecule has 0 saturated carbocycles. The van der Waals surface area contributed by atoms with E-state index < -0.39 is 18.1 Å². The average molecular weight is 285 g/mol. The predicted molar refractivity (Wildman–Crippen MR) is 72.4 cm³/mol. The molecule has 114 valence electrons. The van der Waals surface area contributed by atoms with Crippen molar-refractivity contribution < 1.29 is 19.8 Å². The molecular weight excluding hydrogens is 262 g/mol. The number of aliphatic carboxylic acids is 1. The Morgan fingerprint density at radius 2 is 1.95 bits per heavy atom. The predicted octanol–water partition coefficient (Wildman–Crippen LogP) is -0.348. The molecule has 0 spiro atoms. The van der Waals surface area contributed by atoms with E-state index in [-0.39, 0.29) is 19.0 Å². The molecule has 2 saturated heterocycles. The van der Waals surface area contributed by atoms with Crippen LogP contribution in [0.2, 0.25) is 0 Å². The molecule has 0 aromatic heterocycles. The minimum absolute atomic E-state index is 0.110. The minimum atomic E-state index is -1.05. The molecule has 2 N–H and O–H groups in total. The number of carboxylic acids is 1. The van der Waals surface area contributed by atoms with Crippen molar-refractivity contribution in [1.82, 2.24) is 14.7 Å². The molecule has 3 atom stereocenters. The molecule has 0 radical (unpaired) electrons. The number of β-amino-alcohol motifs (C(OH)–C–C–N with tert-alkyl or cyclic N) is 1. The fourth-order valence-corrected chi connectivity index (χ4v) is 2.99. The summed E-state index contributed by atoms with van der Waals surface area (Å²) >= 11 is 0. The van der Waals surface area contributed by atoms with E-state index >= 15 is 0 Å². The number of aliphatic hydroxyl groups is 1. The number of carbonyl (C=O) groups is 2. The first-order valence-electron chi connectivity index (χ1n) is 7.03. The van der Waals surface area contributed by atoms with Gasteiger partial charge < -0.3 is 24.9 Å². The van der Waals surface area contributed by atoms with E-state index in [9.17, 15) is 14.7 Å². The van der Waals surface area contributed by atoms with Crippen molar-refractivity contribution in [1.29, 1.82) is 0 Å². The molecule has 2 amide bonds. The number of rotatable bonds is 2. The van der Waals surface area contributed by atoms with E-state index in [1.807, 2.05) is 14.1 Å². The maximum atomic E-state index is 12.5. The van der Waals surface area contributed by atoms with Crippen molar-refractivity contribution in [2.45, 2.75) is 37.5 Å². The molecule has 0 aromatic rings. The second-order valence-corrected chi connectivity index (χ2v) is 5.88. The van der Waals surface area contributed by atoms with Gasteiger partial charge in [-0.25, -0.2) is 9.59 Å². The third-order valence-corrected chi connectivity index (χ3v) is 4.21. The van der Waals surface area contributed by atoms with Gasteiger partial charge in [-0.1, -0.05) is 0 Å². The van der Waals surface area contributed by atoms with Crippen LogP contribution in [-0.4, -0.2) is 88.8 Å². The van der Waals surface area contributed by atoms with Crippen LogP contribution in [0.4, 0.5) is 4.79 Å². The first kappa shape index (κ1) is 15.1. The van der Waals surface area contributed by atoms with Crippen molar-refractivity contribution in [2.75, 3.05) is 33.7 Å². The normalized spacial score (nSPS) is 30.9. The lowest BCUT2D eigenvalue weighted by atomic mass is 10.1. The average Bonchev–Trinajstić information content (AvgIpc) is 2.80. The Hall–Kier alpha value is -1.34.